The molecule has 0 saturated carbocycles. The second-order valence-corrected chi connectivity index (χ2v) is 7.09. The maximum Gasteiger partial charge on any atom is 0.260 e. The van der Waals surface area contributed by atoms with E-state index in [9.17, 15) is 4.79 Å². The van der Waals surface area contributed by atoms with E-state index in [1.165, 1.54) is 11.8 Å². The van der Waals surface area contributed by atoms with Crippen LogP contribution in [0.2, 0.25) is 5.02 Å². The molecular weight excluding hydrogens is 388 g/mol. The van der Waals surface area contributed by atoms with E-state index in [1.807, 2.05) is 25.1 Å². The molecule has 2 aromatic rings. The lowest BCUT2D eigenvalue weighted by atomic mass is 10.2. The van der Waals surface area contributed by atoms with Crippen LogP contribution in [0.5, 0.6) is 0 Å². The maximum absolute atomic E-state index is 12.0. The number of hydrogen-bond acceptors (Lipinski definition) is 4. The van der Waals surface area contributed by atoms with Gasteiger partial charge < -0.3 is 15.1 Å². The van der Waals surface area contributed by atoms with Crippen LogP contribution in [0.15, 0.2) is 44.3 Å². The van der Waals surface area contributed by atoms with Crippen molar-refractivity contribution in [2.75, 3.05) is 5.32 Å². The van der Waals surface area contributed by atoms with Gasteiger partial charge in [-0.2, -0.15) is 0 Å². The van der Waals surface area contributed by atoms with Crippen LogP contribution in [0, 0.1) is 6.92 Å². The summed E-state index contributed by atoms with van der Waals surface area (Å²) in [5.41, 5.74) is 1.72. The van der Waals surface area contributed by atoms with Crippen LogP contribution in [-0.2, 0) is 4.79 Å². The lowest BCUT2D eigenvalue weighted by molar-refractivity contribution is -0.116. The fourth-order valence-corrected chi connectivity index (χ4v) is 3.44. The third-order valence-electron chi connectivity index (χ3n) is 3.08. The smallest absolute Gasteiger partial charge is 0.260 e. The van der Waals surface area contributed by atoms with E-state index in [4.69, 9.17) is 16.0 Å². The van der Waals surface area contributed by atoms with Crippen molar-refractivity contribution in [2.24, 2.45) is 0 Å². The summed E-state index contributed by atoms with van der Waals surface area (Å²) in [7, 11) is 0. The van der Waals surface area contributed by atoms with Crippen molar-refractivity contribution in [2.45, 2.75) is 12.4 Å². The summed E-state index contributed by atoms with van der Waals surface area (Å²) in [5, 5.41) is 6.79. The maximum atomic E-state index is 12.0. The number of carbonyl (C=O) groups excluding carboxylic acids is 1. The van der Waals surface area contributed by atoms with Gasteiger partial charge in [-0.15, -0.1) is 0 Å². The molecule has 2 heterocycles. The van der Waals surface area contributed by atoms with Gasteiger partial charge in [0.1, 0.15) is 5.76 Å². The fraction of sp³-hybridized carbons (Fsp3) is 0.133. The molecule has 1 atom stereocenters. The van der Waals surface area contributed by atoms with Crippen LogP contribution in [0.1, 0.15) is 11.3 Å². The molecule has 22 heavy (non-hydrogen) atoms. The number of benzene rings is 1. The summed E-state index contributed by atoms with van der Waals surface area (Å²) < 4.78 is 6.02. The molecule has 2 N–H and O–H groups in total. The highest BCUT2D eigenvalue weighted by Crippen LogP contribution is 2.32. The molecule has 0 spiro atoms. The standard InChI is InChI=1S/C15H12BrClN2O2S/c1-8-2-3-9(17)6-11(8)18-15-19-14(20)12(22-15)7-10-4-5-13(16)21-10/h2-7,15,18H,1H3,(H,19,20)/b12-7-. The molecule has 0 bridgehead atoms. The molecule has 0 aliphatic carbocycles. The van der Waals surface area contributed by atoms with Gasteiger partial charge in [-0.25, -0.2) is 0 Å². The minimum Gasteiger partial charge on any atom is -0.450 e. The number of anilines is 1. The molecule has 1 aliphatic rings. The predicted octanol–water partition coefficient (Wildman–Crippen LogP) is 4.60. The largest absolute Gasteiger partial charge is 0.450 e. The molecule has 1 aromatic carbocycles. The summed E-state index contributed by atoms with van der Waals surface area (Å²) >= 11 is 10.6. The van der Waals surface area contributed by atoms with Gasteiger partial charge in [0, 0.05) is 16.8 Å². The van der Waals surface area contributed by atoms with E-state index in [0.29, 0.717) is 20.4 Å². The third-order valence-corrected chi connectivity index (χ3v) is 4.77. The van der Waals surface area contributed by atoms with Crippen molar-refractivity contribution in [3.63, 3.8) is 0 Å². The minimum atomic E-state index is -0.241. The molecule has 1 unspecified atom stereocenters. The number of hydrogen-bond donors (Lipinski definition) is 2. The SMILES string of the molecule is Cc1ccc(Cl)cc1NC1NC(=O)/C(=C/c2ccc(Br)o2)S1. The second kappa shape index (κ2) is 6.40. The molecule has 3 rings (SSSR count). The Balaban J connectivity index is 1.74. The quantitative estimate of drug-likeness (QED) is 0.740. The molecule has 7 heteroatoms. The Bertz CT molecular complexity index is 760. The minimum absolute atomic E-state index is 0.130. The topological polar surface area (TPSA) is 54.3 Å². The highest BCUT2D eigenvalue weighted by atomic mass is 79.9. The van der Waals surface area contributed by atoms with Crippen LogP contribution in [-0.4, -0.2) is 11.4 Å². The number of halogens is 2. The Kier molecular flexibility index (Phi) is 4.52. The summed E-state index contributed by atoms with van der Waals surface area (Å²) in [6.45, 7) is 1.98. The van der Waals surface area contributed by atoms with Gasteiger partial charge in [-0.1, -0.05) is 29.4 Å². The highest BCUT2D eigenvalue weighted by Gasteiger charge is 2.27. The average molecular weight is 400 g/mol. The predicted molar refractivity (Wildman–Crippen MR) is 93.7 cm³/mol. The van der Waals surface area contributed by atoms with Crippen molar-refractivity contribution >= 4 is 57.0 Å². The molecule has 1 amide bonds. The Labute approximate surface area is 145 Å². The first-order valence-corrected chi connectivity index (χ1v) is 8.53. The third kappa shape index (κ3) is 3.51. The first-order chi connectivity index (χ1) is 10.5. The van der Waals surface area contributed by atoms with Gasteiger partial charge in [0.05, 0.1) is 4.91 Å². The molecule has 1 aliphatic heterocycles. The highest BCUT2D eigenvalue weighted by molar-refractivity contribution is 9.10. The zero-order chi connectivity index (χ0) is 15.7. The van der Waals surface area contributed by atoms with Gasteiger partial charge in [0.2, 0.25) is 0 Å². The van der Waals surface area contributed by atoms with Crippen LogP contribution in [0.3, 0.4) is 0 Å². The van der Waals surface area contributed by atoms with E-state index >= 15 is 0 Å². The van der Waals surface area contributed by atoms with E-state index in [2.05, 4.69) is 26.6 Å². The molecule has 0 radical (unpaired) electrons. The Morgan fingerprint density at radius 3 is 2.95 bits per heavy atom. The van der Waals surface area contributed by atoms with E-state index < -0.39 is 0 Å². The van der Waals surface area contributed by atoms with Crippen molar-refractivity contribution in [1.82, 2.24) is 5.32 Å². The fourth-order valence-electron chi connectivity index (χ4n) is 1.99. The average Bonchev–Trinajstić information content (AvgIpc) is 3.01. The van der Waals surface area contributed by atoms with E-state index in [-0.39, 0.29) is 11.4 Å². The summed E-state index contributed by atoms with van der Waals surface area (Å²) in [5.74, 6) is 0.499. The van der Waals surface area contributed by atoms with Gasteiger partial charge in [0.15, 0.2) is 10.2 Å². The zero-order valence-electron chi connectivity index (χ0n) is 11.5. The lowest BCUT2D eigenvalue weighted by Crippen LogP contribution is -2.31. The normalized spacial score (nSPS) is 19.5. The molecular formula is C15H12BrClN2O2S. The van der Waals surface area contributed by atoms with Crippen molar-refractivity contribution < 1.29 is 9.21 Å². The number of thioether (sulfide) groups is 1. The van der Waals surface area contributed by atoms with E-state index in [1.54, 1.807) is 18.2 Å². The van der Waals surface area contributed by atoms with E-state index in [0.717, 1.165) is 11.3 Å². The van der Waals surface area contributed by atoms with Crippen molar-refractivity contribution in [3.8, 4) is 0 Å². The summed E-state index contributed by atoms with van der Waals surface area (Å²) in [6, 6.07) is 9.20. The summed E-state index contributed by atoms with van der Waals surface area (Å²) in [6.07, 6.45) is 1.72. The van der Waals surface area contributed by atoms with Crippen LogP contribution >= 0.6 is 39.3 Å². The number of nitrogens with one attached hydrogen (secondary N) is 2. The second-order valence-electron chi connectivity index (χ2n) is 4.73. The van der Waals surface area contributed by atoms with Gasteiger partial charge in [-0.3, -0.25) is 4.79 Å². The molecule has 1 aromatic heterocycles. The van der Waals surface area contributed by atoms with Crippen LogP contribution < -0.4 is 10.6 Å². The van der Waals surface area contributed by atoms with Gasteiger partial charge in [-0.05, 0) is 52.7 Å². The Morgan fingerprint density at radius 1 is 1.41 bits per heavy atom. The molecule has 4 nitrogen and oxygen atoms in total. The molecule has 1 saturated heterocycles. The van der Waals surface area contributed by atoms with Crippen LogP contribution in [0.25, 0.3) is 6.08 Å². The Morgan fingerprint density at radius 2 is 2.23 bits per heavy atom. The first kappa shape index (κ1) is 15.5. The number of furan rings is 1. The monoisotopic (exact) mass is 398 g/mol. The molecule has 1 fully saturated rings. The number of carbonyl (C=O) groups is 1. The first-order valence-electron chi connectivity index (χ1n) is 6.48. The summed E-state index contributed by atoms with van der Waals surface area (Å²) in [4.78, 5) is 12.6. The zero-order valence-corrected chi connectivity index (χ0v) is 14.7. The van der Waals surface area contributed by atoms with Gasteiger partial charge >= 0.3 is 0 Å². The lowest BCUT2D eigenvalue weighted by Gasteiger charge is -2.15. The molecule has 114 valence electrons. The Hall–Kier alpha value is -1.37. The number of amides is 1. The number of rotatable bonds is 3. The van der Waals surface area contributed by atoms with Crippen molar-refractivity contribution in [1.29, 1.82) is 0 Å². The number of aryl methyl sites for hydroxylation is 1. The van der Waals surface area contributed by atoms with Crippen molar-refractivity contribution in [3.05, 3.63) is 56.3 Å². The van der Waals surface area contributed by atoms with Gasteiger partial charge in [0.25, 0.3) is 5.91 Å². The van der Waals surface area contributed by atoms with Crippen LogP contribution in [0.4, 0.5) is 5.69 Å².